The molecule has 0 spiro atoms. The van der Waals surface area contributed by atoms with E-state index in [1.807, 2.05) is 13.8 Å². The fourth-order valence-electron chi connectivity index (χ4n) is 9.95. The summed E-state index contributed by atoms with van der Waals surface area (Å²) in [5.74, 6) is -5.82. The van der Waals surface area contributed by atoms with Crippen molar-refractivity contribution >= 4 is 121 Å². The molecule has 8 N–H and O–H groups in total. The number of hydrogen-bond acceptors (Lipinski definition) is 25. The van der Waals surface area contributed by atoms with Gasteiger partial charge in [0.15, 0.2) is 0 Å². The monoisotopic (exact) mass is 1370 g/mol. The first-order valence-electron chi connectivity index (χ1n) is 28.7. The molecule has 6 amide bonds. The first-order chi connectivity index (χ1) is 44.2. The Morgan fingerprint density at radius 3 is 2.14 bits per heavy atom. The van der Waals surface area contributed by atoms with E-state index in [0.29, 0.717) is 88.7 Å². The molecule has 1 fully saturated rings. The normalized spacial score (nSPS) is 18.4. The first kappa shape index (κ1) is 66.5. The quantitative estimate of drug-likeness (QED) is 0.0425. The molecule has 92 heavy (non-hydrogen) atoms. The van der Waals surface area contributed by atoms with Gasteiger partial charge in [-0.15, -0.1) is 68.0 Å². The number of aliphatic carboxylic acids is 2. The lowest BCUT2D eigenvalue weighted by Crippen LogP contribution is -2.40. The molecule has 2 aliphatic rings. The molecular weight excluding hydrogens is 1310 g/mol. The Bertz CT molecular complexity index is 4020. The molecule has 1 saturated carbocycles. The van der Waals surface area contributed by atoms with E-state index in [9.17, 15) is 53.7 Å². The summed E-state index contributed by atoms with van der Waals surface area (Å²) in [5.41, 5.74) is 2.24. The molecule has 0 saturated heterocycles. The number of aryl methyl sites for hydroxylation is 1. The van der Waals surface area contributed by atoms with Crippen molar-refractivity contribution in [2.24, 2.45) is 11.8 Å². The molecule has 7 aromatic heterocycles. The van der Waals surface area contributed by atoms with Gasteiger partial charge in [-0.05, 0) is 56.2 Å². The van der Waals surface area contributed by atoms with Crippen molar-refractivity contribution in [1.29, 1.82) is 0 Å². The molecule has 0 radical (unpaired) electrons. The van der Waals surface area contributed by atoms with Crippen LogP contribution in [0.5, 0.6) is 0 Å². The van der Waals surface area contributed by atoms with Crippen LogP contribution >= 0.6 is 68.0 Å². The van der Waals surface area contributed by atoms with E-state index in [4.69, 9.17) is 49.1 Å². The molecule has 10 rings (SSSR count). The van der Waals surface area contributed by atoms with Gasteiger partial charge in [0.1, 0.15) is 94.9 Å². The summed E-state index contributed by atoms with van der Waals surface area (Å²) in [6.07, 6.45) is -1.62. The molecule has 1 aliphatic carbocycles. The van der Waals surface area contributed by atoms with E-state index in [-0.39, 0.29) is 65.7 Å². The zero-order chi connectivity index (χ0) is 65.3. The van der Waals surface area contributed by atoms with Gasteiger partial charge in [0.25, 0.3) is 17.7 Å². The number of fused-ring (bicyclic) bond motifs is 14. The number of rotatable bonds is 16. The maximum atomic E-state index is 14.4. The zero-order valence-corrected chi connectivity index (χ0v) is 54.7. The molecule has 8 heterocycles. The SMILES string of the molecule is CNC(=O)C[C@@H]1NC(=O)c2csc(n2)-c2ccc(-c3nc(N(CCOCC(=O)O)C(=O)OC4CCC(C(=O)O)CC4)cs3)nc2-c2csc(n2)-c2csc(n2)[C@H]([C@@H](O)c2ccccc2)NC(=O)CNC(=O)c2nc(sc2COC)C(C(C)C)NC(=O)c2nc1sc2C. The van der Waals surface area contributed by atoms with Gasteiger partial charge in [-0.25, -0.2) is 44.5 Å². The van der Waals surface area contributed by atoms with Crippen molar-refractivity contribution in [3.05, 3.63) is 111 Å². The van der Waals surface area contributed by atoms with E-state index in [0.717, 1.165) is 56.7 Å². The number of pyridine rings is 1. The number of methoxy groups -OCH3 is 1. The zero-order valence-electron chi connectivity index (χ0n) is 49.8. The van der Waals surface area contributed by atoms with Gasteiger partial charge in [0.2, 0.25) is 11.8 Å². The fraction of sp³-hybridized carbons (Fsp3) is 0.373. The van der Waals surface area contributed by atoms with Crippen LogP contribution in [0.3, 0.4) is 0 Å². The van der Waals surface area contributed by atoms with Gasteiger partial charge < -0.3 is 56.1 Å². The summed E-state index contributed by atoms with van der Waals surface area (Å²) in [5, 5.41) is 53.5. The van der Waals surface area contributed by atoms with E-state index in [1.54, 1.807) is 70.9 Å². The second-order valence-corrected chi connectivity index (χ2v) is 27.3. The number of aromatic nitrogens is 7. The summed E-state index contributed by atoms with van der Waals surface area (Å²) in [7, 11) is 2.91. The number of carbonyl (C=O) groups excluding carboxylic acids is 6. The minimum absolute atomic E-state index is 0.0172. The number of carboxylic acid groups (broad SMARTS) is 2. The van der Waals surface area contributed by atoms with Crippen LogP contribution in [-0.4, -0.2) is 144 Å². The summed E-state index contributed by atoms with van der Waals surface area (Å²) in [4.78, 5) is 143. The minimum Gasteiger partial charge on any atom is -0.481 e. The van der Waals surface area contributed by atoms with E-state index in [2.05, 4.69) is 26.6 Å². The van der Waals surface area contributed by atoms with Gasteiger partial charge in [-0.2, -0.15) is 0 Å². The Labute approximate surface area is 549 Å². The van der Waals surface area contributed by atoms with Crippen molar-refractivity contribution in [3.63, 3.8) is 0 Å². The van der Waals surface area contributed by atoms with Crippen LogP contribution in [0.25, 0.3) is 43.4 Å². The van der Waals surface area contributed by atoms with Crippen LogP contribution in [0.2, 0.25) is 0 Å². The molecular formula is C59H61N13O14S6. The molecule has 1 aliphatic heterocycles. The van der Waals surface area contributed by atoms with Crippen LogP contribution in [-0.2, 0) is 40.0 Å². The first-order valence-corrected chi connectivity index (χ1v) is 33.8. The number of aliphatic hydroxyl groups excluding tert-OH is 1. The molecule has 4 atom stereocenters. The number of carboxylic acids is 2. The fourth-order valence-corrected chi connectivity index (χ4v) is 15.5. The van der Waals surface area contributed by atoms with Crippen molar-refractivity contribution < 1.29 is 67.9 Å². The average Bonchev–Trinajstić information content (AvgIpc) is 1.62. The lowest BCUT2D eigenvalue weighted by molar-refractivity contribution is -0.143. The van der Waals surface area contributed by atoms with Crippen LogP contribution in [0.15, 0.2) is 64.0 Å². The maximum Gasteiger partial charge on any atom is 0.415 e. The molecule has 33 heteroatoms. The predicted molar refractivity (Wildman–Crippen MR) is 343 cm³/mol. The van der Waals surface area contributed by atoms with Crippen molar-refractivity contribution in [1.82, 2.24) is 61.5 Å². The number of anilines is 1. The Hall–Kier alpha value is -8.41. The van der Waals surface area contributed by atoms with E-state index < -0.39 is 97.0 Å². The number of thiazole rings is 6. The number of amides is 6. The highest BCUT2D eigenvalue weighted by atomic mass is 32.1. The highest BCUT2D eigenvalue weighted by Gasteiger charge is 2.35. The van der Waals surface area contributed by atoms with Gasteiger partial charge in [-0.1, -0.05) is 44.2 Å². The van der Waals surface area contributed by atoms with Gasteiger partial charge in [-0.3, -0.25) is 33.7 Å². The molecule has 8 aromatic rings. The van der Waals surface area contributed by atoms with Gasteiger partial charge >= 0.3 is 18.0 Å². The Kier molecular flexibility index (Phi) is 21.6. The Morgan fingerprint density at radius 1 is 0.707 bits per heavy atom. The highest BCUT2D eigenvalue weighted by Crippen LogP contribution is 2.41. The van der Waals surface area contributed by atoms with Crippen molar-refractivity contribution in [2.45, 2.75) is 89.8 Å². The molecule has 1 unspecified atom stereocenters. The van der Waals surface area contributed by atoms with Crippen molar-refractivity contribution in [3.8, 4) is 43.4 Å². The average molecular weight is 1370 g/mol. The molecule has 27 nitrogen and oxygen atoms in total. The third-order valence-electron chi connectivity index (χ3n) is 14.7. The number of carbonyl (C=O) groups is 8. The number of aliphatic hydroxyl groups is 1. The van der Waals surface area contributed by atoms with E-state index in [1.165, 1.54) is 30.4 Å². The number of ether oxygens (including phenoxy) is 3. The topological polar surface area (TPSA) is 379 Å². The maximum absolute atomic E-state index is 14.4. The summed E-state index contributed by atoms with van der Waals surface area (Å²) >= 11 is 6.93. The van der Waals surface area contributed by atoms with Crippen LogP contribution in [0.1, 0.15) is 132 Å². The Morgan fingerprint density at radius 2 is 1.41 bits per heavy atom. The number of hydrogen-bond donors (Lipinski definition) is 8. The molecule has 482 valence electrons. The predicted octanol–water partition coefficient (Wildman–Crippen LogP) is 8.00. The second kappa shape index (κ2) is 29.9. The number of nitrogens with zero attached hydrogens (tertiary/aromatic N) is 8. The number of benzene rings is 1. The van der Waals surface area contributed by atoms with Gasteiger partial charge in [0.05, 0.1) is 61.3 Å². The van der Waals surface area contributed by atoms with Crippen molar-refractivity contribution in [2.75, 3.05) is 45.4 Å². The lowest BCUT2D eigenvalue weighted by atomic mass is 9.87. The largest absolute Gasteiger partial charge is 0.481 e. The molecule has 1 aromatic carbocycles. The standard InChI is InChI=1S/C59H61N13O14S6/c1-27(2)43-57-71-46(38(92-57)21-84-5)50(79)61-20-41(74)68-47(48(77)29-9-7-6-8-10-29)56-66-37(25-89-56)54-64-35(23-88-54)45-32(52-65-36(24-87-52)49(78)63-34(19-40(73)60-4)55-70-44(28(3)91-55)51(80)69-43)15-16-33(62-45)53-67-39(26-90-53)72(17-18-85-22-42(75)76)59(83)86-31-13-11-30(12-14-31)58(81)82/h6-10,15-16,23-27,30-31,34,43,47-48,77H,11-14,17-22H2,1-5H3,(H,60,73)(H,61,79)(H,63,78)(H,68,74)(H,69,80)(H,75,76)(H,81,82)/t30?,31?,34-,43?,47-,48-/m0/s1. The van der Waals surface area contributed by atoms with Crippen LogP contribution in [0.4, 0.5) is 10.6 Å². The van der Waals surface area contributed by atoms with Gasteiger partial charge in [0, 0.05) is 46.1 Å². The lowest BCUT2D eigenvalue weighted by Gasteiger charge is -2.28. The van der Waals surface area contributed by atoms with Crippen LogP contribution in [0, 0.1) is 18.8 Å². The minimum atomic E-state index is -1.31. The third-order valence-corrected chi connectivity index (χ3v) is 20.4. The highest BCUT2D eigenvalue weighted by molar-refractivity contribution is 7.15. The van der Waals surface area contributed by atoms with E-state index >= 15 is 0 Å². The number of nitrogens with one attached hydrogen (secondary N) is 5. The summed E-state index contributed by atoms with van der Waals surface area (Å²) < 4.78 is 16.6. The van der Waals surface area contributed by atoms with Crippen LogP contribution < -0.4 is 31.5 Å². The molecule has 10 bridgehead atoms. The Balaban J connectivity index is 1.03. The summed E-state index contributed by atoms with van der Waals surface area (Å²) in [6.45, 7) is 3.91. The second-order valence-electron chi connectivity index (χ2n) is 21.4. The smallest absolute Gasteiger partial charge is 0.415 e. The summed E-state index contributed by atoms with van der Waals surface area (Å²) in [6, 6.07) is 9.19. The third kappa shape index (κ3) is 15.7.